The third-order valence-corrected chi connectivity index (χ3v) is 4.04. The predicted octanol–water partition coefficient (Wildman–Crippen LogP) is 3.06. The lowest BCUT2D eigenvalue weighted by molar-refractivity contribution is 0.447. The predicted molar refractivity (Wildman–Crippen MR) is 68.2 cm³/mol. The van der Waals surface area contributed by atoms with E-state index in [4.69, 9.17) is 0 Å². The first-order valence-electron chi connectivity index (χ1n) is 5.87. The van der Waals surface area contributed by atoms with Crippen LogP contribution in [0.25, 0.3) is 0 Å². The number of nitrogens with one attached hydrogen (secondary N) is 1. The molecule has 1 aliphatic rings. The fourth-order valence-electron chi connectivity index (χ4n) is 2.02. The topological polar surface area (TPSA) is 12.0 Å². The summed E-state index contributed by atoms with van der Waals surface area (Å²) in [4.78, 5) is 0. The Labute approximate surface area is 101 Å². The van der Waals surface area contributed by atoms with Crippen LogP contribution in [0.4, 0.5) is 4.39 Å². The van der Waals surface area contributed by atoms with Crippen molar-refractivity contribution in [1.82, 2.24) is 5.32 Å². The van der Waals surface area contributed by atoms with E-state index in [9.17, 15) is 4.39 Å². The van der Waals surface area contributed by atoms with Crippen LogP contribution >= 0.6 is 11.8 Å². The van der Waals surface area contributed by atoms with Gasteiger partial charge in [0.15, 0.2) is 0 Å². The molecular formula is C13H18FNS. The van der Waals surface area contributed by atoms with Crippen LogP contribution in [-0.4, -0.2) is 18.1 Å². The van der Waals surface area contributed by atoms with Gasteiger partial charge in [-0.25, -0.2) is 4.39 Å². The van der Waals surface area contributed by atoms with Gasteiger partial charge >= 0.3 is 0 Å². The molecule has 1 N–H and O–H groups in total. The Morgan fingerprint density at radius 2 is 2.12 bits per heavy atom. The summed E-state index contributed by atoms with van der Waals surface area (Å²) in [5.41, 5.74) is 1.03. The molecule has 1 aromatic carbocycles. The van der Waals surface area contributed by atoms with E-state index in [1.54, 1.807) is 12.1 Å². The molecule has 1 heterocycles. The van der Waals surface area contributed by atoms with E-state index >= 15 is 0 Å². The summed E-state index contributed by atoms with van der Waals surface area (Å²) in [5.74, 6) is 3.27. The van der Waals surface area contributed by atoms with E-state index in [0.717, 1.165) is 24.6 Å². The monoisotopic (exact) mass is 239 g/mol. The zero-order valence-electron chi connectivity index (χ0n) is 9.42. The quantitative estimate of drug-likeness (QED) is 0.866. The van der Waals surface area contributed by atoms with Crippen molar-refractivity contribution in [2.75, 3.05) is 18.1 Å². The van der Waals surface area contributed by atoms with E-state index in [2.05, 4.69) is 17.1 Å². The standard InChI is InChI=1S/C13H18FNS/c14-13-3-1-2-12(8-13)10-15-9-11-4-6-16-7-5-11/h1-3,8,11,15H,4-7,9-10H2. The second-order valence-electron chi connectivity index (χ2n) is 4.32. The lowest BCUT2D eigenvalue weighted by Crippen LogP contribution is -2.25. The van der Waals surface area contributed by atoms with Gasteiger partial charge in [-0.2, -0.15) is 11.8 Å². The highest BCUT2D eigenvalue weighted by molar-refractivity contribution is 7.99. The first-order chi connectivity index (χ1) is 7.84. The van der Waals surface area contributed by atoms with Gasteiger partial charge in [-0.15, -0.1) is 0 Å². The van der Waals surface area contributed by atoms with Crippen molar-refractivity contribution in [1.29, 1.82) is 0 Å². The first kappa shape index (κ1) is 11.9. The smallest absolute Gasteiger partial charge is 0.123 e. The first-order valence-corrected chi connectivity index (χ1v) is 7.03. The Morgan fingerprint density at radius 3 is 2.88 bits per heavy atom. The largest absolute Gasteiger partial charge is 0.312 e. The molecule has 3 heteroatoms. The maximum Gasteiger partial charge on any atom is 0.123 e. The summed E-state index contributed by atoms with van der Waals surface area (Å²) < 4.78 is 12.9. The zero-order chi connectivity index (χ0) is 11.2. The second kappa shape index (κ2) is 6.26. The third-order valence-electron chi connectivity index (χ3n) is 2.99. The molecule has 0 saturated carbocycles. The molecule has 2 rings (SSSR count). The van der Waals surface area contributed by atoms with Gasteiger partial charge in [0.2, 0.25) is 0 Å². The van der Waals surface area contributed by atoms with E-state index < -0.39 is 0 Å². The summed E-state index contributed by atoms with van der Waals surface area (Å²) in [6.07, 6.45) is 2.64. The molecule has 0 aliphatic carbocycles. The Kier molecular flexibility index (Phi) is 4.67. The van der Waals surface area contributed by atoms with Crippen molar-refractivity contribution < 1.29 is 4.39 Å². The molecule has 1 aromatic rings. The van der Waals surface area contributed by atoms with E-state index in [0.29, 0.717) is 0 Å². The third kappa shape index (κ3) is 3.80. The number of thioether (sulfide) groups is 1. The molecule has 1 nitrogen and oxygen atoms in total. The van der Waals surface area contributed by atoms with E-state index in [-0.39, 0.29) is 5.82 Å². The number of hydrogen-bond donors (Lipinski definition) is 1. The van der Waals surface area contributed by atoms with Crippen molar-refractivity contribution in [3.8, 4) is 0 Å². The minimum absolute atomic E-state index is 0.145. The van der Waals surface area contributed by atoms with Gasteiger partial charge in [-0.1, -0.05) is 12.1 Å². The maximum absolute atomic E-state index is 12.9. The summed E-state index contributed by atoms with van der Waals surface area (Å²) >= 11 is 2.05. The average Bonchev–Trinajstić information content (AvgIpc) is 2.30. The van der Waals surface area contributed by atoms with Crippen molar-refractivity contribution in [2.24, 2.45) is 5.92 Å². The molecule has 1 aliphatic heterocycles. The van der Waals surface area contributed by atoms with Gasteiger partial charge in [0.1, 0.15) is 5.82 Å². The molecule has 1 fully saturated rings. The lowest BCUT2D eigenvalue weighted by atomic mass is 10.0. The van der Waals surface area contributed by atoms with Crippen LogP contribution in [0.1, 0.15) is 18.4 Å². The highest BCUT2D eigenvalue weighted by Crippen LogP contribution is 2.21. The van der Waals surface area contributed by atoms with Gasteiger partial charge in [-0.05, 0) is 54.5 Å². The Bertz CT molecular complexity index is 323. The molecule has 1 saturated heterocycles. The number of rotatable bonds is 4. The SMILES string of the molecule is Fc1cccc(CNCC2CCSCC2)c1. The molecule has 0 atom stereocenters. The summed E-state index contributed by atoms with van der Waals surface area (Å²) in [6, 6.07) is 6.82. The van der Waals surface area contributed by atoms with Crippen molar-refractivity contribution >= 4 is 11.8 Å². The average molecular weight is 239 g/mol. The fourth-order valence-corrected chi connectivity index (χ4v) is 3.22. The van der Waals surface area contributed by atoms with Gasteiger partial charge in [-0.3, -0.25) is 0 Å². The van der Waals surface area contributed by atoms with Crippen LogP contribution < -0.4 is 5.32 Å². The fraction of sp³-hybridized carbons (Fsp3) is 0.538. The molecular weight excluding hydrogens is 221 g/mol. The zero-order valence-corrected chi connectivity index (χ0v) is 10.2. The highest BCUT2D eigenvalue weighted by Gasteiger charge is 2.12. The Balaban J connectivity index is 1.71. The highest BCUT2D eigenvalue weighted by atomic mass is 32.2. The molecule has 16 heavy (non-hydrogen) atoms. The van der Waals surface area contributed by atoms with Gasteiger partial charge < -0.3 is 5.32 Å². The molecule has 0 bridgehead atoms. The van der Waals surface area contributed by atoms with Crippen molar-refractivity contribution in [3.05, 3.63) is 35.6 Å². The van der Waals surface area contributed by atoms with Gasteiger partial charge in [0, 0.05) is 6.54 Å². The van der Waals surface area contributed by atoms with E-state index in [1.165, 1.54) is 30.4 Å². The number of hydrogen-bond acceptors (Lipinski definition) is 2. The minimum atomic E-state index is -0.145. The summed E-state index contributed by atoms with van der Waals surface area (Å²) in [6.45, 7) is 1.85. The van der Waals surface area contributed by atoms with Crippen LogP contribution in [0, 0.1) is 11.7 Å². The molecule has 0 amide bonds. The van der Waals surface area contributed by atoms with Crippen molar-refractivity contribution in [3.63, 3.8) is 0 Å². The van der Waals surface area contributed by atoms with Gasteiger partial charge in [0.25, 0.3) is 0 Å². The number of benzene rings is 1. The minimum Gasteiger partial charge on any atom is -0.312 e. The summed E-state index contributed by atoms with van der Waals surface area (Å²) in [5, 5.41) is 3.42. The van der Waals surface area contributed by atoms with Gasteiger partial charge in [0.05, 0.1) is 0 Å². The molecule has 0 spiro atoms. The maximum atomic E-state index is 12.9. The van der Waals surface area contributed by atoms with Crippen LogP contribution in [0.2, 0.25) is 0 Å². The molecule has 0 unspecified atom stereocenters. The van der Waals surface area contributed by atoms with Crippen molar-refractivity contribution in [2.45, 2.75) is 19.4 Å². The van der Waals surface area contributed by atoms with Crippen LogP contribution in [0.15, 0.2) is 24.3 Å². The van der Waals surface area contributed by atoms with Crippen LogP contribution in [-0.2, 0) is 6.54 Å². The molecule has 88 valence electrons. The molecule has 0 radical (unpaired) electrons. The molecule has 0 aromatic heterocycles. The summed E-state index contributed by atoms with van der Waals surface area (Å²) in [7, 11) is 0. The Morgan fingerprint density at radius 1 is 1.31 bits per heavy atom. The lowest BCUT2D eigenvalue weighted by Gasteiger charge is -2.21. The van der Waals surface area contributed by atoms with Crippen LogP contribution in [0.3, 0.4) is 0 Å². The second-order valence-corrected chi connectivity index (χ2v) is 5.54. The normalized spacial score (nSPS) is 17.6. The van der Waals surface area contributed by atoms with E-state index in [1.807, 2.05) is 6.07 Å². The Hall–Kier alpha value is -0.540. The number of halogens is 1. The van der Waals surface area contributed by atoms with Crippen LogP contribution in [0.5, 0.6) is 0 Å².